The van der Waals surface area contributed by atoms with E-state index in [-0.39, 0.29) is 0 Å². The predicted molar refractivity (Wildman–Crippen MR) is 70.7 cm³/mol. The van der Waals surface area contributed by atoms with E-state index in [0.29, 0.717) is 17.5 Å². The van der Waals surface area contributed by atoms with Gasteiger partial charge in [-0.25, -0.2) is 4.79 Å². The largest absolute Gasteiger partial charge is 0.478 e. The molecule has 1 aromatic rings. The van der Waals surface area contributed by atoms with Crippen molar-refractivity contribution in [2.75, 3.05) is 5.32 Å². The smallest absolute Gasteiger partial charge is 0.337 e. The molecule has 3 nitrogen and oxygen atoms in total. The van der Waals surface area contributed by atoms with Gasteiger partial charge in [-0.05, 0) is 30.9 Å². The fourth-order valence-electron chi connectivity index (χ4n) is 1.96. The van der Waals surface area contributed by atoms with Crippen molar-refractivity contribution in [2.45, 2.75) is 40.2 Å². The molecular formula is C14H21NO2. The van der Waals surface area contributed by atoms with E-state index in [1.54, 1.807) is 12.1 Å². The van der Waals surface area contributed by atoms with Gasteiger partial charge in [0.1, 0.15) is 0 Å². The molecule has 1 aromatic carbocycles. The highest BCUT2D eigenvalue weighted by molar-refractivity contribution is 5.95. The van der Waals surface area contributed by atoms with Crippen molar-refractivity contribution in [2.24, 2.45) is 5.92 Å². The van der Waals surface area contributed by atoms with E-state index < -0.39 is 5.97 Å². The quantitative estimate of drug-likeness (QED) is 0.820. The second kappa shape index (κ2) is 5.71. The Morgan fingerprint density at radius 3 is 2.53 bits per heavy atom. The Hall–Kier alpha value is -1.51. The van der Waals surface area contributed by atoms with E-state index in [1.165, 1.54) is 0 Å². The van der Waals surface area contributed by atoms with Gasteiger partial charge in [-0.2, -0.15) is 0 Å². The van der Waals surface area contributed by atoms with Gasteiger partial charge in [-0.3, -0.25) is 0 Å². The predicted octanol–water partition coefficient (Wildman–Crippen LogP) is 3.54. The van der Waals surface area contributed by atoms with Crippen LogP contribution in [-0.2, 0) is 0 Å². The Morgan fingerprint density at radius 2 is 2.06 bits per heavy atom. The number of hydrogen-bond acceptors (Lipinski definition) is 2. The SMILES string of the molecule is CCC(Nc1c(C)cccc1C(=O)O)C(C)C. The molecule has 0 bridgehead atoms. The van der Waals surface area contributed by atoms with Crippen molar-refractivity contribution in [1.29, 1.82) is 0 Å². The summed E-state index contributed by atoms with van der Waals surface area (Å²) < 4.78 is 0. The zero-order valence-corrected chi connectivity index (χ0v) is 10.9. The van der Waals surface area contributed by atoms with Gasteiger partial charge < -0.3 is 10.4 Å². The maximum atomic E-state index is 11.2. The third kappa shape index (κ3) is 3.22. The molecule has 0 radical (unpaired) electrons. The van der Waals surface area contributed by atoms with Gasteiger partial charge in [0, 0.05) is 6.04 Å². The van der Waals surface area contributed by atoms with Crippen molar-refractivity contribution in [3.8, 4) is 0 Å². The van der Waals surface area contributed by atoms with E-state index in [2.05, 4.69) is 26.1 Å². The lowest BCUT2D eigenvalue weighted by atomic mass is 9.99. The van der Waals surface area contributed by atoms with Crippen LogP contribution in [0.25, 0.3) is 0 Å². The van der Waals surface area contributed by atoms with Crippen molar-refractivity contribution < 1.29 is 9.90 Å². The molecule has 0 aliphatic rings. The van der Waals surface area contributed by atoms with Crippen LogP contribution in [0.1, 0.15) is 43.1 Å². The summed E-state index contributed by atoms with van der Waals surface area (Å²) in [5.74, 6) is -0.406. The topological polar surface area (TPSA) is 49.3 Å². The number of aryl methyl sites for hydroxylation is 1. The second-order valence-corrected chi connectivity index (χ2v) is 4.71. The van der Waals surface area contributed by atoms with E-state index in [1.807, 2.05) is 13.0 Å². The van der Waals surface area contributed by atoms with Gasteiger partial charge in [-0.15, -0.1) is 0 Å². The second-order valence-electron chi connectivity index (χ2n) is 4.71. The molecule has 0 saturated heterocycles. The number of nitrogens with one attached hydrogen (secondary N) is 1. The van der Waals surface area contributed by atoms with E-state index in [4.69, 9.17) is 0 Å². The summed E-state index contributed by atoms with van der Waals surface area (Å²) in [6.07, 6.45) is 0.977. The fourth-order valence-corrected chi connectivity index (χ4v) is 1.96. The third-order valence-corrected chi connectivity index (χ3v) is 3.08. The highest BCUT2D eigenvalue weighted by Crippen LogP contribution is 2.23. The molecular weight excluding hydrogens is 214 g/mol. The van der Waals surface area contributed by atoms with Crippen molar-refractivity contribution in [1.82, 2.24) is 0 Å². The van der Waals surface area contributed by atoms with Crippen LogP contribution in [0.15, 0.2) is 18.2 Å². The molecule has 17 heavy (non-hydrogen) atoms. The summed E-state index contributed by atoms with van der Waals surface area (Å²) in [5, 5.41) is 12.5. The van der Waals surface area contributed by atoms with Crippen molar-refractivity contribution >= 4 is 11.7 Å². The number of anilines is 1. The Bertz CT molecular complexity index is 399. The average molecular weight is 235 g/mol. The monoisotopic (exact) mass is 235 g/mol. The molecule has 94 valence electrons. The maximum Gasteiger partial charge on any atom is 0.337 e. The highest BCUT2D eigenvalue weighted by atomic mass is 16.4. The van der Waals surface area contributed by atoms with Gasteiger partial charge in [-0.1, -0.05) is 32.9 Å². The van der Waals surface area contributed by atoms with Crippen LogP contribution < -0.4 is 5.32 Å². The van der Waals surface area contributed by atoms with Crippen molar-refractivity contribution in [3.05, 3.63) is 29.3 Å². The molecule has 1 unspecified atom stereocenters. The van der Waals surface area contributed by atoms with Gasteiger partial charge in [0.2, 0.25) is 0 Å². The van der Waals surface area contributed by atoms with Crippen LogP contribution >= 0.6 is 0 Å². The summed E-state index contributed by atoms with van der Waals surface area (Å²) in [6.45, 7) is 8.32. The number of hydrogen-bond donors (Lipinski definition) is 2. The minimum atomic E-state index is -0.880. The number of rotatable bonds is 5. The molecule has 3 heteroatoms. The molecule has 0 spiro atoms. The minimum Gasteiger partial charge on any atom is -0.478 e. The van der Waals surface area contributed by atoms with Crippen molar-refractivity contribution in [3.63, 3.8) is 0 Å². The van der Waals surface area contributed by atoms with Gasteiger partial charge in [0.25, 0.3) is 0 Å². The molecule has 2 N–H and O–H groups in total. The van der Waals surface area contributed by atoms with Gasteiger partial charge in [0.05, 0.1) is 11.3 Å². The van der Waals surface area contributed by atoms with Gasteiger partial charge in [0.15, 0.2) is 0 Å². The first-order chi connectivity index (χ1) is 7.97. The van der Waals surface area contributed by atoms with Crippen LogP contribution in [0.2, 0.25) is 0 Å². The Kier molecular flexibility index (Phi) is 4.55. The minimum absolute atomic E-state index is 0.300. The first-order valence-corrected chi connectivity index (χ1v) is 6.06. The number of carboxylic acid groups (broad SMARTS) is 1. The van der Waals surface area contributed by atoms with E-state index in [0.717, 1.165) is 17.7 Å². The summed E-state index contributed by atoms with van der Waals surface area (Å²) in [7, 11) is 0. The van der Waals surface area contributed by atoms with Gasteiger partial charge >= 0.3 is 5.97 Å². The van der Waals surface area contributed by atoms with Crippen LogP contribution in [0.3, 0.4) is 0 Å². The van der Waals surface area contributed by atoms with Crippen LogP contribution in [0.5, 0.6) is 0 Å². The zero-order valence-electron chi connectivity index (χ0n) is 10.9. The first kappa shape index (κ1) is 13.6. The standard InChI is InChI=1S/C14H21NO2/c1-5-12(9(2)3)15-13-10(4)7-6-8-11(13)14(16)17/h6-9,12,15H,5H2,1-4H3,(H,16,17). The maximum absolute atomic E-state index is 11.2. The van der Waals surface area contributed by atoms with Crippen LogP contribution in [0, 0.1) is 12.8 Å². The fraction of sp³-hybridized carbons (Fsp3) is 0.500. The lowest BCUT2D eigenvalue weighted by Gasteiger charge is -2.24. The normalized spacial score (nSPS) is 12.5. The average Bonchev–Trinajstić information content (AvgIpc) is 2.26. The number of carboxylic acids is 1. The number of benzene rings is 1. The zero-order chi connectivity index (χ0) is 13.0. The lowest BCUT2D eigenvalue weighted by Crippen LogP contribution is -2.26. The summed E-state index contributed by atoms with van der Waals surface area (Å²) >= 11 is 0. The van der Waals surface area contributed by atoms with Crippen LogP contribution in [0.4, 0.5) is 5.69 Å². The molecule has 0 amide bonds. The van der Waals surface area contributed by atoms with E-state index in [9.17, 15) is 9.90 Å². The summed E-state index contributed by atoms with van der Waals surface area (Å²) in [6, 6.07) is 5.65. The molecule has 0 fully saturated rings. The molecule has 1 rings (SSSR count). The lowest BCUT2D eigenvalue weighted by molar-refractivity contribution is 0.0697. The van der Waals surface area contributed by atoms with E-state index >= 15 is 0 Å². The summed E-state index contributed by atoms with van der Waals surface area (Å²) in [5.41, 5.74) is 2.08. The Balaban J connectivity index is 3.07. The van der Waals surface area contributed by atoms with Crippen LogP contribution in [-0.4, -0.2) is 17.1 Å². The first-order valence-electron chi connectivity index (χ1n) is 6.06. The summed E-state index contributed by atoms with van der Waals surface area (Å²) in [4.78, 5) is 11.2. The number of aromatic carboxylic acids is 1. The third-order valence-electron chi connectivity index (χ3n) is 3.08. The Labute approximate surface area is 103 Å². The molecule has 0 heterocycles. The Morgan fingerprint density at radius 1 is 1.41 bits per heavy atom. The highest BCUT2D eigenvalue weighted by Gasteiger charge is 2.17. The molecule has 1 atom stereocenters. The number of carbonyl (C=O) groups is 1. The molecule has 0 aromatic heterocycles. The molecule has 0 aliphatic carbocycles. The molecule has 0 aliphatic heterocycles. The number of para-hydroxylation sites is 1. The molecule has 0 saturated carbocycles.